The van der Waals surface area contributed by atoms with Gasteiger partial charge in [0.05, 0.1) is 10.2 Å². The van der Waals surface area contributed by atoms with E-state index < -0.39 is 7.14 Å². The van der Waals surface area contributed by atoms with Gasteiger partial charge in [-0.3, -0.25) is 4.68 Å². The zero-order valence-electron chi connectivity index (χ0n) is 14.7. The van der Waals surface area contributed by atoms with E-state index in [2.05, 4.69) is 42.4 Å². The molecule has 27 heavy (non-hydrogen) atoms. The lowest BCUT2D eigenvalue weighted by molar-refractivity contribution is 0.588. The standard InChI is InChI=1S/C17H15BrClN6OP/c1-25-9-11(14(7-20)24-25)10-4-5-13(15(6-10)27(2,3)26)22-16-12(18)8-21-17(19)23-16/h4-6,8-9H,1-3H3,(H,21,22,23). The maximum Gasteiger partial charge on any atom is 0.224 e. The molecule has 0 aliphatic carbocycles. The van der Waals surface area contributed by atoms with Crippen LogP contribution in [0.2, 0.25) is 5.28 Å². The molecule has 0 bridgehead atoms. The Kier molecular flexibility index (Phi) is 5.38. The van der Waals surface area contributed by atoms with E-state index in [0.29, 0.717) is 32.5 Å². The molecule has 3 rings (SSSR count). The van der Waals surface area contributed by atoms with Gasteiger partial charge in [-0.25, -0.2) is 4.98 Å². The second-order valence-electron chi connectivity index (χ2n) is 6.22. The minimum absolute atomic E-state index is 0.101. The topological polar surface area (TPSA) is 96.5 Å². The Morgan fingerprint density at radius 1 is 1.37 bits per heavy atom. The molecule has 3 aromatic rings. The molecule has 138 valence electrons. The lowest BCUT2D eigenvalue weighted by Crippen LogP contribution is -2.11. The van der Waals surface area contributed by atoms with Gasteiger partial charge >= 0.3 is 0 Å². The minimum Gasteiger partial charge on any atom is -0.339 e. The first-order chi connectivity index (χ1) is 12.7. The molecule has 0 amide bonds. The molecule has 0 aliphatic rings. The molecule has 0 aliphatic heterocycles. The molecule has 0 fully saturated rings. The van der Waals surface area contributed by atoms with Gasteiger partial charge in [-0.05, 0) is 58.6 Å². The number of hydrogen-bond donors (Lipinski definition) is 1. The average molecular weight is 466 g/mol. The zero-order chi connectivity index (χ0) is 19.8. The Labute approximate surface area is 169 Å². The third-order valence-corrected chi connectivity index (χ3v) is 6.08. The monoisotopic (exact) mass is 464 g/mol. The summed E-state index contributed by atoms with van der Waals surface area (Å²) >= 11 is 9.25. The summed E-state index contributed by atoms with van der Waals surface area (Å²) in [4.78, 5) is 8.05. The van der Waals surface area contributed by atoms with Crippen LogP contribution in [0.15, 0.2) is 35.1 Å². The number of nitrogens with zero attached hydrogens (tertiary/aromatic N) is 5. The van der Waals surface area contributed by atoms with Crippen LogP contribution in [0.3, 0.4) is 0 Å². The van der Waals surface area contributed by atoms with Crippen LogP contribution in [0.5, 0.6) is 0 Å². The van der Waals surface area contributed by atoms with Gasteiger partial charge in [-0.1, -0.05) is 6.07 Å². The highest BCUT2D eigenvalue weighted by molar-refractivity contribution is 9.10. The van der Waals surface area contributed by atoms with E-state index in [4.69, 9.17) is 11.6 Å². The lowest BCUT2D eigenvalue weighted by Gasteiger charge is -2.17. The first-order valence-electron chi connectivity index (χ1n) is 7.78. The van der Waals surface area contributed by atoms with Crippen LogP contribution in [0.1, 0.15) is 5.69 Å². The van der Waals surface area contributed by atoms with Crippen molar-refractivity contribution in [3.05, 3.63) is 46.0 Å². The fourth-order valence-corrected chi connectivity index (χ4v) is 4.18. The summed E-state index contributed by atoms with van der Waals surface area (Å²) in [6.07, 6.45) is 3.31. The fraction of sp³-hybridized carbons (Fsp3) is 0.176. The number of aryl methyl sites for hydroxylation is 1. The normalized spacial score (nSPS) is 11.3. The summed E-state index contributed by atoms with van der Waals surface area (Å²) in [5, 5.41) is 17.3. The molecule has 10 heteroatoms. The van der Waals surface area contributed by atoms with Crippen LogP contribution in [0.25, 0.3) is 11.1 Å². The van der Waals surface area contributed by atoms with Gasteiger partial charge in [0.25, 0.3) is 0 Å². The molecule has 0 spiro atoms. The largest absolute Gasteiger partial charge is 0.339 e. The van der Waals surface area contributed by atoms with Crippen molar-refractivity contribution in [1.29, 1.82) is 5.26 Å². The number of anilines is 2. The average Bonchev–Trinajstić information content (AvgIpc) is 2.98. The van der Waals surface area contributed by atoms with Crippen LogP contribution < -0.4 is 10.6 Å². The summed E-state index contributed by atoms with van der Waals surface area (Å²) in [6.45, 7) is 3.38. The molecule has 1 N–H and O–H groups in total. The number of halogens is 2. The van der Waals surface area contributed by atoms with E-state index in [1.54, 1.807) is 37.3 Å². The minimum atomic E-state index is -2.65. The molecule has 0 atom stereocenters. The molecule has 0 saturated carbocycles. The molecule has 0 radical (unpaired) electrons. The Morgan fingerprint density at radius 2 is 2.11 bits per heavy atom. The van der Waals surface area contributed by atoms with Gasteiger partial charge in [-0.15, -0.1) is 0 Å². The van der Waals surface area contributed by atoms with Crippen LogP contribution in [-0.2, 0) is 11.6 Å². The Morgan fingerprint density at radius 3 is 2.78 bits per heavy atom. The smallest absolute Gasteiger partial charge is 0.224 e. The number of nitrogens with one attached hydrogen (secondary N) is 1. The van der Waals surface area contributed by atoms with Crippen LogP contribution in [-0.4, -0.2) is 33.1 Å². The Balaban J connectivity index is 2.12. The second kappa shape index (κ2) is 7.43. The molecule has 2 heterocycles. The van der Waals surface area contributed by atoms with Gasteiger partial charge in [0.2, 0.25) is 5.28 Å². The van der Waals surface area contributed by atoms with Gasteiger partial charge in [0.15, 0.2) is 5.69 Å². The van der Waals surface area contributed by atoms with Crippen molar-refractivity contribution in [2.24, 2.45) is 7.05 Å². The summed E-state index contributed by atoms with van der Waals surface area (Å²) in [6, 6.07) is 7.55. The molecule has 0 unspecified atom stereocenters. The molecular formula is C17H15BrClN6OP. The van der Waals surface area contributed by atoms with E-state index in [1.807, 2.05) is 12.1 Å². The van der Waals surface area contributed by atoms with Gasteiger partial charge in [-0.2, -0.15) is 15.3 Å². The van der Waals surface area contributed by atoms with E-state index in [1.165, 1.54) is 6.20 Å². The molecule has 7 nitrogen and oxygen atoms in total. The van der Waals surface area contributed by atoms with E-state index >= 15 is 0 Å². The highest BCUT2D eigenvalue weighted by Crippen LogP contribution is 2.40. The highest BCUT2D eigenvalue weighted by Gasteiger charge is 2.20. The first-order valence-corrected chi connectivity index (χ1v) is 11.5. The van der Waals surface area contributed by atoms with E-state index in [0.717, 1.165) is 5.56 Å². The van der Waals surface area contributed by atoms with Crippen molar-refractivity contribution >= 4 is 51.5 Å². The molecule has 2 aromatic heterocycles. The summed E-state index contributed by atoms with van der Waals surface area (Å²) < 4.78 is 15.1. The summed E-state index contributed by atoms with van der Waals surface area (Å²) in [7, 11) is -0.896. The number of hydrogen-bond acceptors (Lipinski definition) is 6. The Hall–Kier alpha value is -2.20. The van der Waals surface area contributed by atoms with Gasteiger partial charge in [0.1, 0.15) is 19.0 Å². The highest BCUT2D eigenvalue weighted by atomic mass is 79.9. The van der Waals surface area contributed by atoms with Crippen molar-refractivity contribution in [3.63, 3.8) is 0 Å². The second-order valence-corrected chi connectivity index (χ2v) is 10.6. The predicted octanol–water partition coefficient (Wildman–Crippen LogP) is 4.16. The van der Waals surface area contributed by atoms with Crippen molar-refractivity contribution in [2.75, 3.05) is 18.6 Å². The quantitative estimate of drug-likeness (QED) is 0.459. The number of rotatable bonds is 4. The first kappa shape index (κ1) is 19.6. The molecule has 0 saturated heterocycles. The lowest BCUT2D eigenvalue weighted by atomic mass is 10.1. The number of nitriles is 1. The van der Waals surface area contributed by atoms with Crippen molar-refractivity contribution in [2.45, 2.75) is 0 Å². The fourth-order valence-electron chi connectivity index (χ4n) is 2.59. The maximum absolute atomic E-state index is 12.9. The Bertz CT molecular complexity index is 1120. The van der Waals surface area contributed by atoms with Crippen molar-refractivity contribution in [1.82, 2.24) is 19.7 Å². The third kappa shape index (κ3) is 4.22. The van der Waals surface area contributed by atoms with Gasteiger partial charge < -0.3 is 9.88 Å². The van der Waals surface area contributed by atoms with Crippen molar-refractivity contribution in [3.8, 4) is 17.2 Å². The van der Waals surface area contributed by atoms with Crippen LogP contribution >= 0.6 is 34.7 Å². The number of benzene rings is 1. The van der Waals surface area contributed by atoms with E-state index in [-0.39, 0.29) is 5.28 Å². The predicted molar refractivity (Wildman–Crippen MR) is 110 cm³/mol. The maximum atomic E-state index is 12.9. The number of aromatic nitrogens is 4. The molecular weight excluding hydrogens is 451 g/mol. The van der Waals surface area contributed by atoms with Gasteiger partial charge in [0, 0.05) is 30.3 Å². The third-order valence-electron chi connectivity index (χ3n) is 3.79. The summed E-state index contributed by atoms with van der Waals surface area (Å²) in [5.41, 5.74) is 2.41. The zero-order valence-corrected chi connectivity index (χ0v) is 18.0. The van der Waals surface area contributed by atoms with E-state index in [9.17, 15) is 9.83 Å². The molecule has 1 aromatic carbocycles. The van der Waals surface area contributed by atoms with Crippen LogP contribution in [0, 0.1) is 11.3 Å². The van der Waals surface area contributed by atoms with Crippen LogP contribution in [0.4, 0.5) is 11.5 Å². The van der Waals surface area contributed by atoms with Crippen molar-refractivity contribution < 1.29 is 4.57 Å². The SMILES string of the molecule is Cn1cc(-c2ccc(Nc3nc(Cl)ncc3Br)c(P(C)(C)=O)c2)c(C#N)n1. The summed E-state index contributed by atoms with van der Waals surface area (Å²) in [5.74, 6) is 0.469.